The van der Waals surface area contributed by atoms with Crippen molar-refractivity contribution in [2.75, 3.05) is 5.32 Å². The van der Waals surface area contributed by atoms with Crippen LogP contribution in [0.25, 0.3) is 0 Å². The largest absolute Gasteiger partial charge is 0.381 e. The predicted molar refractivity (Wildman–Crippen MR) is 76.7 cm³/mol. The number of benzene rings is 2. The lowest BCUT2D eigenvalue weighted by molar-refractivity contribution is 0.0879. The van der Waals surface area contributed by atoms with Crippen LogP contribution in [-0.2, 0) is 6.54 Å². The lowest BCUT2D eigenvalue weighted by atomic mass is 10.1. The molecule has 0 aliphatic carbocycles. The van der Waals surface area contributed by atoms with Crippen LogP contribution in [0.4, 0.5) is 10.1 Å². The molecule has 0 atom stereocenters. The smallest absolute Gasteiger partial charge is 0.259 e. The zero-order chi connectivity index (χ0) is 15.0. The Morgan fingerprint density at radius 2 is 1.81 bits per heavy atom. The van der Waals surface area contributed by atoms with E-state index in [1.54, 1.807) is 24.3 Å². The summed E-state index contributed by atoms with van der Waals surface area (Å²) in [5, 5.41) is 5.38. The molecule has 21 heavy (non-hydrogen) atoms. The molecule has 0 saturated carbocycles. The molecule has 3 rings (SSSR count). The molecule has 0 aromatic heterocycles. The summed E-state index contributed by atoms with van der Waals surface area (Å²) in [6, 6.07) is 9.59. The van der Waals surface area contributed by atoms with E-state index in [2.05, 4.69) is 10.6 Å². The van der Waals surface area contributed by atoms with Crippen LogP contribution >= 0.6 is 0 Å². The van der Waals surface area contributed by atoms with Gasteiger partial charge in [0.05, 0.1) is 11.1 Å². The molecule has 1 aliphatic heterocycles. The molecule has 1 heterocycles. The maximum atomic E-state index is 13.2. The van der Waals surface area contributed by atoms with Crippen molar-refractivity contribution in [3.63, 3.8) is 0 Å². The van der Waals surface area contributed by atoms with Crippen LogP contribution in [0.3, 0.4) is 0 Å². The standard InChI is InChI=1S/C16H13FN2O2/c1-9-2-3-11(17)6-10(9)8-18-12-4-5-13-14(7-12)16(21)19-15(13)20/h2-7,18H,8H2,1H3,(H,19,20,21). The number of amides is 2. The lowest BCUT2D eigenvalue weighted by Crippen LogP contribution is -2.19. The van der Waals surface area contributed by atoms with Gasteiger partial charge in [0.15, 0.2) is 0 Å². The molecule has 0 unspecified atom stereocenters. The molecule has 5 heteroatoms. The Kier molecular flexibility index (Phi) is 3.17. The summed E-state index contributed by atoms with van der Waals surface area (Å²) in [6.07, 6.45) is 0. The first-order valence-corrected chi connectivity index (χ1v) is 6.53. The fourth-order valence-corrected chi connectivity index (χ4v) is 2.31. The first kappa shape index (κ1) is 13.3. The third kappa shape index (κ3) is 2.50. The maximum Gasteiger partial charge on any atom is 0.259 e. The highest BCUT2D eigenvalue weighted by Gasteiger charge is 2.26. The highest BCUT2D eigenvalue weighted by Crippen LogP contribution is 2.21. The van der Waals surface area contributed by atoms with Gasteiger partial charge in [-0.15, -0.1) is 0 Å². The van der Waals surface area contributed by atoms with Crippen LogP contribution in [0.5, 0.6) is 0 Å². The topological polar surface area (TPSA) is 58.2 Å². The molecule has 2 aromatic rings. The Bertz CT molecular complexity index is 756. The van der Waals surface area contributed by atoms with Crippen molar-refractivity contribution in [3.8, 4) is 0 Å². The van der Waals surface area contributed by atoms with Gasteiger partial charge in [-0.05, 0) is 48.4 Å². The SMILES string of the molecule is Cc1ccc(F)cc1CNc1ccc2c(c1)C(=O)NC2=O. The van der Waals surface area contributed by atoms with Gasteiger partial charge in [0, 0.05) is 12.2 Å². The molecule has 106 valence electrons. The number of carbonyl (C=O) groups is 2. The second kappa shape index (κ2) is 5.01. The predicted octanol–water partition coefficient (Wildman–Crippen LogP) is 2.63. The van der Waals surface area contributed by atoms with Gasteiger partial charge in [0.2, 0.25) is 0 Å². The number of hydrogen-bond donors (Lipinski definition) is 2. The van der Waals surface area contributed by atoms with Crippen LogP contribution < -0.4 is 10.6 Å². The van der Waals surface area contributed by atoms with E-state index in [0.717, 1.165) is 11.1 Å². The fraction of sp³-hybridized carbons (Fsp3) is 0.125. The van der Waals surface area contributed by atoms with Crippen LogP contribution in [-0.4, -0.2) is 11.8 Å². The van der Waals surface area contributed by atoms with E-state index in [4.69, 9.17) is 0 Å². The van der Waals surface area contributed by atoms with Crippen LogP contribution in [0.1, 0.15) is 31.8 Å². The van der Waals surface area contributed by atoms with Crippen LogP contribution in [0.2, 0.25) is 0 Å². The third-order valence-electron chi connectivity index (χ3n) is 3.53. The van der Waals surface area contributed by atoms with Crippen molar-refractivity contribution in [3.05, 3.63) is 64.5 Å². The molecule has 1 aliphatic rings. The Hall–Kier alpha value is -2.69. The summed E-state index contributed by atoms with van der Waals surface area (Å²) in [7, 11) is 0. The van der Waals surface area contributed by atoms with E-state index in [0.29, 0.717) is 23.4 Å². The highest BCUT2D eigenvalue weighted by atomic mass is 19.1. The van der Waals surface area contributed by atoms with E-state index < -0.39 is 0 Å². The fourth-order valence-electron chi connectivity index (χ4n) is 2.31. The van der Waals surface area contributed by atoms with Crippen molar-refractivity contribution < 1.29 is 14.0 Å². The summed E-state index contributed by atoms with van der Waals surface area (Å²) in [5.41, 5.74) is 3.28. The number of nitrogens with one attached hydrogen (secondary N) is 2. The van der Waals surface area contributed by atoms with E-state index in [1.165, 1.54) is 12.1 Å². The highest BCUT2D eigenvalue weighted by molar-refractivity contribution is 6.21. The number of carbonyl (C=O) groups excluding carboxylic acids is 2. The molecule has 0 fully saturated rings. The van der Waals surface area contributed by atoms with Crippen LogP contribution in [0.15, 0.2) is 36.4 Å². The van der Waals surface area contributed by atoms with Crippen molar-refractivity contribution in [2.24, 2.45) is 0 Å². The van der Waals surface area contributed by atoms with Gasteiger partial charge in [-0.3, -0.25) is 14.9 Å². The number of fused-ring (bicyclic) bond motifs is 1. The molecule has 2 amide bonds. The molecule has 4 nitrogen and oxygen atoms in total. The lowest BCUT2D eigenvalue weighted by Gasteiger charge is -2.10. The minimum Gasteiger partial charge on any atom is -0.381 e. The van der Waals surface area contributed by atoms with E-state index in [-0.39, 0.29) is 17.6 Å². The number of anilines is 1. The molecule has 0 spiro atoms. The van der Waals surface area contributed by atoms with Gasteiger partial charge in [0.1, 0.15) is 5.82 Å². The van der Waals surface area contributed by atoms with Gasteiger partial charge in [-0.1, -0.05) is 6.07 Å². The monoisotopic (exact) mass is 284 g/mol. The maximum absolute atomic E-state index is 13.2. The Morgan fingerprint density at radius 1 is 1.05 bits per heavy atom. The van der Waals surface area contributed by atoms with Crippen molar-refractivity contribution in [1.29, 1.82) is 0 Å². The van der Waals surface area contributed by atoms with Gasteiger partial charge >= 0.3 is 0 Å². The second-order valence-electron chi connectivity index (χ2n) is 4.97. The van der Waals surface area contributed by atoms with Gasteiger partial charge in [0.25, 0.3) is 11.8 Å². The molecular weight excluding hydrogens is 271 g/mol. The first-order valence-electron chi connectivity index (χ1n) is 6.53. The average molecular weight is 284 g/mol. The Morgan fingerprint density at radius 3 is 2.62 bits per heavy atom. The summed E-state index contributed by atoms with van der Waals surface area (Å²) in [6.45, 7) is 2.35. The van der Waals surface area contributed by atoms with Crippen LogP contribution in [0, 0.1) is 12.7 Å². The molecule has 2 N–H and O–H groups in total. The minimum absolute atomic E-state index is 0.281. The van der Waals surface area contributed by atoms with E-state index >= 15 is 0 Å². The zero-order valence-electron chi connectivity index (χ0n) is 11.4. The first-order chi connectivity index (χ1) is 10.0. The molecule has 0 bridgehead atoms. The van der Waals surface area contributed by atoms with Crippen molar-refractivity contribution in [2.45, 2.75) is 13.5 Å². The van der Waals surface area contributed by atoms with Crippen molar-refractivity contribution in [1.82, 2.24) is 5.32 Å². The summed E-state index contributed by atoms with van der Waals surface area (Å²) in [5.74, 6) is -1.04. The molecular formula is C16H13FN2O2. The number of rotatable bonds is 3. The normalized spacial score (nSPS) is 13.0. The van der Waals surface area contributed by atoms with Gasteiger partial charge < -0.3 is 5.32 Å². The number of imide groups is 1. The molecule has 0 radical (unpaired) electrons. The molecule has 0 saturated heterocycles. The van der Waals surface area contributed by atoms with E-state index in [1.807, 2.05) is 6.92 Å². The number of aryl methyl sites for hydroxylation is 1. The number of halogens is 1. The van der Waals surface area contributed by atoms with Gasteiger partial charge in [-0.25, -0.2) is 4.39 Å². The minimum atomic E-state index is -0.388. The third-order valence-corrected chi connectivity index (χ3v) is 3.53. The Labute approximate surface area is 121 Å². The van der Waals surface area contributed by atoms with E-state index in [9.17, 15) is 14.0 Å². The summed E-state index contributed by atoms with van der Waals surface area (Å²) >= 11 is 0. The van der Waals surface area contributed by atoms with Gasteiger partial charge in [-0.2, -0.15) is 0 Å². The number of hydrogen-bond acceptors (Lipinski definition) is 3. The second-order valence-corrected chi connectivity index (χ2v) is 4.97. The average Bonchev–Trinajstić information content (AvgIpc) is 2.75. The van der Waals surface area contributed by atoms with Crippen molar-refractivity contribution >= 4 is 17.5 Å². The Balaban J connectivity index is 1.80. The summed E-state index contributed by atoms with van der Waals surface area (Å²) < 4.78 is 13.2. The zero-order valence-corrected chi connectivity index (χ0v) is 11.4. The quantitative estimate of drug-likeness (QED) is 0.852. The molecule has 2 aromatic carbocycles. The summed E-state index contributed by atoms with van der Waals surface area (Å²) in [4.78, 5) is 23.0.